The summed E-state index contributed by atoms with van der Waals surface area (Å²) in [5, 5.41) is 11.3. The molecule has 0 saturated carbocycles. The molecule has 3 heterocycles. The number of carbonyl (C=O) groups is 1. The van der Waals surface area contributed by atoms with Crippen molar-refractivity contribution in [2.75, 3.05) is 13.1 Å². The van der Waals surface area contributed by atoms with E-state index in [0.717, 1.165) is 44.7 Å². The summed E-state index contributed by atoms with van der Waals surface area (Å²) in [5.74, 6) is 1.28. The highest BCUT2D eigenvalue weighted by Gasteiger charge is 2.45. The fraction of sp³-hybridized carbons (Fsp3) is 0.727. The van der Waals surface area contributed by atoms with Crippen molar-refractivity contribution in [2.45, 2.75) is 89.9 Å². The second-order valence-electron chi connectivity index (χ2n) is 9.26. The van der Waals surface area contributed by atoms with Crippen molar-refractivity contribution < 1.29 is 9.53 Å². The van der Waals surface area contributed by atoms with E-state index in [1.165, 1.54) is 5.56 Å². The number of nitrogens with zero attached hydrogens (tertiary/aromatic N) is 2. The third-order valence-corrected chi connectivity index (χ3v) is 6.36. The van der Waals surface area contributed by atoms with Crippen molar-refractivity contribution in [1.29, 1.82) is 0 Å². The summed E-state index contributed by atoms with van der Waals surface area (Å²) >= 11 is 1.73. The van der Waals surface area contributed by atoms with E-state index in [1.54, 1.807) is 11.3 Å². The first-order chi connectivity index (χ1) is 13.8. The fourth-order valence-electron chi connectivity index (χ4n) is 4.31. The minimum atomic E-state index is -0.449. The van der Waals surface area contributed by atoms with Crippen molar-refractivity contribution in [1.82, 2.24) is 15.5 Å². The van der Waals surface area contributed by atoms with E-state index in [2.05, 4.69) is 41.3 Å². The Balaban J connectivity index is 0.00000320. The molecular formula is C22H37IN4O2S. The lowest BCUT2D eigenvalue weighted by Crippen LogP contribution is -2.55. The van der Waals surface area contributed by atoms with Gasteiger partial charge in [0.05, 0.1) is 0 Å². The highest BCUT2D eigenvalue weighted by Crippen LogP contribution is 2.36. The van der Waals surface area contributed by atoms with E-state index in [-0.39, 0.29) is 42.2 Å². The van der Waals surface area contributed by atoms with E-state index in [0.29, 0.717) is 12.0 Å². The van der Waals surface area contributed by atoms with Crippen LogP contribution in [-0.2, 0) is 4.74 Å². The van der Waals surface area contributed by atoms with Gasteiger partial charge in [-0.25, -0.2) is 4.79 Å². The van der Waals surface area contributed by atoms with Crippen LogP contribution in [0.5, 0.6) is 0 Å². The van der Waals surface area contributed by atoms with Crippen LogP contribution in [0.3, 0.4) is 0 Å². The van der Waals surface area contributed by atoms with Gasteiger partial charge in [-0.3, -0.25) is 4.99 Å². The summed E-state index contributed by atoms with van der Waals surface area (Å²) in [6, 6.07) is 3.03. The molecule has 2 fully saturated rings. The van der Waals surface area contributed by atoms with E-state index in [1.807, 2.05) is 25.7 Å². The smallest absolute Gasteiger partial charge is 0.410 e. The molecule has 0 aliphatic carbocycles. The summed E-state index contributed by atoms with van der Waals surface area (Å²) in [6.45, 7) is 11.7. The van der Waals surface area contributed by atoms with E-state index in [9.17, 15) is 4.79 Å². The first-order valence-corrected chi connectivity index (χ1v) is 11.8. The SMILES string of the molecule is CCNC(=NCC(C)c1ccsc1)NC1CC2CCC(C1)N2C(=O)OC(C)(C)C.I. The topological polar surface area (TPSA) is 66.0 Å². The van der Waals surface area contributed by atoms with Crippen molar-refractivity contribution in [3.8, 4) is 0 Å². The van der Waals surface area contributed by atoms with Crippen molar-refractivity contribution in [2.24, 2.45) is 4.99 Å². The molecule has 3 atom stereocenters. The number of fused-ring (bicyclic) bond motifs is 2. The number of aliphatic imine (C=N–C) groups is 1. The minimum absolute atomic E-state index is 0. The van der Waals surface area contributed by atoms with Crippen LogP contribution >= 0.6 is 35.3 Å². The molecule has 30 heavy (non-hydrogen) atoms. The van der Waals surface area contributed by atoms with Gasteiger partial charge in [-0.2, -0.15) is 11.3 Å². The predicted molar refractivity (Wildman–Crippen MR) is 135 cm³/mol. The molecular weight excluding hydrogens is 511 g/mol. The van der Waals surface area contributed by atoms with Crippen LogP contribution < -0.4 is 10.6 Å². The maximum Gasteiger partial charge on any atom is 0.410 e. The summed E-state index contributed by atoms with van der Waals surface area (Å²) in [7, 11) is 0. The molecule has 3 rings (SSSR count). The van der Waals surface area contributed by atoms with Crippen molar-refractivity contribution in [3.05, 3.63) is 22.4 Å². The normalized spacial score (nSPS) is 24.8. The molecule has 2 N–H and O–H groups in total. The molecule has 2 aliphatic heterocycles. The molecule has 6 nitrogen and oxygen atoms in total. The van der Waals surface area contributed by atoms with E-state index < -0.39 is 5.60 Å². The van der Waals surface area contributed by atoms with Gasteiger partial charge in [-0.05, 0) is 75.8 Å². The Labute approximate surface area is 202 Å². The lowest BCUT2D eigenvalue weighted by Gasteiger charge is -2.40. The Morgan fingerprint density at radius 1 is 1.33 bits per heavy atom. The Morgan fingerprint density at radius 2 is 2.00 bits per heavy atom. The lowest BCUT2D eigenvalue weighted by molar-refractivity contribution is 0.00545. The van der Waals surface area contributed by atoms with Gasteiger partial charge >= 0.3 is 6.09 Å². The van der Waals surface area contributed by atoms with Crippen LogP contribution in [0, 0.1) is 0 Å². The maximum atomic E-state index is 12.6. The standard InChI is InChI=1S/C22H36N4O2S.HI/c1-6-23-20(24-13-15(2)16-9-10-29-14-16)25-17-11-18-7-8-19(12-17)26(18)21(27)28-22(3,4)5;/h9-10,14-15,17-19H,6-8,11-13H2,1-5H3,(H2,23,24,25);1H. The summed E-state index contributed by atoms with van der Waals surface area (Å²) in [6.07, 6.45) is 3.85. The zero-order valence-electron chi connectivity index (χ0n) is 18.8. The number of thiophene rings is 1. The van der Waals surface area contributed by atoms with Gasteiger partial charge < -0.3 is 20.3 Å². The van der Waals surface area contributed by atoms with E-state index >= 15 is 0 Å². The van der Waals surface area contributed by atoms with Gasteiger partial charge in [-0.1, -0.05) is 6.92 Å². The van der Waals surface area contributed by atoms with Gasteiger partial charge in [0.15, 0.2) is 5.96 Å². The molecule has 1 aromatic heterocycles. The average Bonchev–Trinajstić information content (AvgIpc) is 3.25. The summed E-state index contributed by atoms with van der Waals surface area (Å²) in [5.41, 5.74) is 0.897. The number of hydrogen-bond donors (Lipinski definition) is 2. The van der Waals surface area contributed by atoms with E-state index in [4.69, 9.17) is 9.73 Å². The third-order valence-electron chi connectivity index (χ3n) is 5.66. The first kappa shape index (κ1) is 25.2. The van der Waals surface area contributed by atoms with Crippen LogP contribution in [0.4, 0.5) is 4.79 Å². The van der Waals surface area contributed by atoms with Crippen LogP contribution in [0.25, 0.3) is 0 Å². The number of nitrogens with one attached hydrogen (secondary N) is 2. The van der Waals surface area contributed by atoms with Crippen molar-refractivity contribution in [3.63, 3.8) is 0 Å². The highest BCUT2D eigenvalue weighted by atomic mass is 127. The van der Waals surface area contributed by atoms with Gasteiger partial charge in [0.1, 0.15) is 5.60 Å². The Kier molecular flexibility index (Phi) is 9.27. The molecule has 2 saturated heterocycles. The average molecular weight is 549 g/mol. The number of halogens is 1. The zero-order valence-corrected chi connectivity index (χ0v) is 22.0. The quantitative estimate of drug-likeness (QED) is 0.311. The number of rotatable bonds is 5. The van der Waals surface area contributed by atoms with Crippen LogP contribution in [0.1, 0.15) is 71.8 Å². The Bertz CT molecular complexity index is 690. The largest absolute Gasteiger partial charge is 0.444 e. The lowest BCUT2D eigenvalue weighted by atomic mass is 9.98. The van der Waals surface area contributed by atoms with Crippen molar-refractivity contribution >= 4 is 47.4 Å². The molecule has 2 bridgehead atoms. The molecule has 0 aromatic carbocycles. The Hall–Kier alpha value is -1.03. The second kappa shape index (κ2) is 11.0. The van der Waals surface area contributed by atoms with Gasteiger partial charge in [0.25, 0.3) is 0 Å². The van der Waals surface area contributed by atoms with Gasteiger partial charge in [-0.15, -0.1) is 24.0 Å². The van der Waals surface area contributed by atoms with Crippen LogP contribution in [0.15, 0.2) is 21.8 Å². The fourth-order valence-corrected chi connectivity index (χ4v) is 5.09. The number of guanidine groups is 1. The molecule has 1 aromatic rings. The number of amides is 1. The van der Waals surface area contributed by atoms with Crippen LogP contribution in [-0.4, -0.2) is 53.8 Å². The Morgan fingerprint density at radius 3 is 2.53 bits per heavy atom. The highest BCUT2D eigenvalue weighted by molar-refractivity contribution is 14.0. The first-order valence-electron chi connectivity index (χ1n) is 10.8. The molecule has 3 unspecified atom stereocenters. The number of hydrogen-bond acceptors (Lipinski definition) is 4. The third kappa shape index (κ3) is 6.73. The molecule has 0 spiro atoms. The second-order valence-corrected chi connectivity index (χ2v) is 10.0. The monoisotopic (exact) mass is 548 g/mol. The molecule has 2 aliphatic rings. The number of ether oxygens (including phenoxy) is 1. The predicted octanol–water partition coefficient (Wildman–Crippen LogP) is 4.96. The molecule has 8 heteroatoms. The zero-order chi connectivity index (χ0) is 21.0. The molecule has 0 radical (unpaired) electrons. The summed E-state index contributed by atoms with van der Waals surface area (Å²) in [4.78, 5) is 19.5. The number of piperidine rings is 1. The maximum absolute atomic E-state index is 12.6. The van der Waals surface area contributed by atoms with Gasteiger partial charge in [0.2, 0.25) is 0 Å². The minimum Gasteiger partial charge on any atom is -0.444 e. The summed E-state index contributed by atoms with van der Waals surface area (Å²) < 4.78 is 5.64. The number of carbonyl (C=O) groups excluding carboxylic acids is 1. The molecule has 1 amide bonds. The molecule has 170 valence electrons. The van der Waals surface area contributed by atoms with Crippen LogP contribution in [0.2, 0.25) is 0 Å². The van der Waals surface area contributed by atoms with Gasteiger partial charge in [0, 0.05) is 37.1 Å².